The van der Waals surface area contributed by atoms with E-state index in [9.17, 15) is 0 Å². The van der Waals surface area contributed by atoms with Crippen LogP contribution in [0.5, 0.6) is 0 Å². The first-order chi connectivity index (χ1) is 26.8. The first-order valence-corrected chi connectivity index (χ1v) is 18.8. The number of hydrogen-bond acceptors (Lipinski definition) is 1. The molecule has 1 aliphatic rings. The molecule has 0 radical (unpaired) electrons. The van der Waals surface area contributed by atoms with E-state index in [4.69, 9.17) is 0 Å². The van der Waals surface area contributed by atoms with Gasteiger partial charge in [-0.25, -0.2) is 0 Å². The molecule has 0 N–H and O–H groups in total. The van der Waals surface area contributed by atoms with Crippen molar-refractivity contribution in [3.8, 4) is 11.1 Å². The summed E-state index contributed by atoms with van der Waals surface area (Å²) in [5, 5.41) is 10.2. The zero-order chi connectivity index (χ0) is 35.6. The van der Waals surface area contributed by atoms with Crippen molar-refractivity contribution in [1.29, 1.82) is 0 Å². The predicted octanol–water partition coefficient (Wildman–Crippen LogP) is 14.1. The Morgan fingerprint density at radius 1 is 0.333 bits per heavy atom. The van der Waals surface area contributed by atoms with E-state index in [2.05, 4.69) is 217 Å². The molecule has 1 nitrogen and oxygen atoms in total. The molecule has 0 spiro atoms. The minimum absolute atomic E-state index is 0.497. The van der Waals surface area contributed by atoms with Crippen molar-refractivity contribution in [1.82, 2.24) is 0 Å². The van der Waals surface area contributed by atoms with Crippen LogP contribution in [0.2, 0.25) is 0 Å². The Balaban J connectivity index is 1.15. The van der Waals surface area contributed by atoms with E-state index in [0.29, 0.717) is 0 Å². The first-order valence-electron chi connectivity index (χ1n) is 18.8. The fraction of sp³-hybridized carbons (Fsp3) is 0.0189. The number of fused-ring (bicyclic) bond motifs is 2. The molecular weight excluding hydrogens is 651 g/mol. The van der Waals surface area contributed by atoms with Crippen molar-refractivity contribution in [3.63, 3.8) is 0 Å². The molecule has 0 aromatic heterocycles. The lowest BCUT2D eigenvalue weighted by atomic mass is 9.67. The van der Waals surface area contributed by atoms with Gasteiger partial charge >= 0.3 is 0 Å². The average Bonchev–Trinajstić information content (AvgIpc) is 3.56. The van der Waals surface area contributed by atoms with Gasteiger partial charge in [0.05, 0.1) is 11.1 Å². The zero-order valence-corrected chi connectivity index (χ0v) is 29.7. The monoisotopic (exact) mass is 685 g/mol. The van der Waals surface area contributed by atoms with Gasteiger partial charge in [0, 0.05) is 16.8 Å². The minimum atomic E-state index is -0.497. The van der Waals surface area contributed by atoms with Crippen LogP contribution in [-0.4, -0.2) is 0 Å². The van der Waals surface area contributed by atoms with Crippen molar-refractivity contribution in [2.75, 3.05) is 4.90 Å². The van der Waals surface area contributed by atoms with Crippen molar-refractivity contribution >= 4 is 60.2 Å². The standard InChI is InChI=1S/C53H35N/c1-2-19-41(20-3-1)53(48-26-9-17-39-29-30-40-18-10-27-49(53)52(40)51(39)48)42-21-12-22-44(35-42)54(50-28-11-16-37-14-5-7-24-47(37)50)43-33-31-38(32-34-43)46-25-8-15-36-13-4-6-23-45(36)46/h1-35H. The summed E-state index contributed by atoms with van der Waals surface area (Å²) in [4.78, 5) is 2.45. The zero-order valence-electron chi connectivity index (χ0n) is 29.7. The number of rotatable bonds is 6. The van der Waals surface area contributed by atoms with E-state index < -0.39 is 5.41 Å². The molecule has 252 valence electrons. The first kappa shape index (κ1) is 30.6. The van der Waals surface area contributed by atoms with Gasteiger partial charge in [-0.2, -0.15) is 0 Å². The number of hydrogen-bond donors (Lipinski definition) is 0. The molecule has 0 atom stereocenters. The third kappa shape index (κ3) is 4.45. The van der Waals surface area contributed by atoms with Gasteiger partial charge in [-0.1, -0.05) is 182 Å². The second-order valence-electron chi connectivity index (χ2n) is 14.4. The third-order valence-electron chi connectivity index (χ3n) is 11.7. The molecule has 0 fully saturated rings. The second-order valence-corrected chi connectivity index (χ2v) is 14.4. The maximum absolute atomic E-state index is 2.45. The SMILES string of the molecule is c1ccc(C2(c3cccc(N(c4ccc(-c5cccc6ccccc56)cc4)c4cccc5ccccc45)c3)c3cccc4ccc5cccc2c5c34)cc1. The van der Waals surface area contributed by atoms with Crippen LogP contribution in [0, 0.1) is 0 Å². The number of anilines is 3. The summed E-state index contributed by atoms with van der Waals surface area (Å²) in [6.45, 7) is 0. The molecule has 0 saturated heterocycles. The Hall–Kier alpha value is -6.96. The maximum atomic E-state index is 2.45. The van der Waals surface area contributed by atoms with E-state index in [1.165, 1.54) is 76.5 Å². The highest BCUT2D eigenvalue weighted by Crippen LogP contribution is 2.56. The van der Waals surface area contributed by atoms with Crippen molar-refractivity contribution in [2.24, 2.45) is 0 Å². The van der Waals surface area contributed by atoms with Crippen molar-refractivity contribution < 1.29 is 0 Å². The van der Waals surface area contributed by atoms with Gasteiger partial charge in [-0.15, -0.1) is 0 Å². The summed E-state index contributed by atoms with van der Waals surface area (Å²) in [6, 6.07) is 78.4. The van der Waals surface area contributed by atoms with Gasteiger partial charge in [0.1, 0.15) is 0 Å². The Labute approximate surface area is 315 Å². The molecule has 10 aromatic carbocycles. The quantitative estimate of drug-likeness (QED) is 0.158. The molecular formula is C53H35N. The van der Waals surface area contributed by atoms with Crippen LogP contribution in [0.25, 0.3) is 54.2 Å². The van der Waals surface area contributed by atoms with E-state index in [1.54, 1.807) is 0 Å². The molecule has 0 saturated carbocycles. The van der Waals surface area contributed by atoms with Crippen LogP contribution in [0.3, 0.4) is 0 Å². The van der Waals surface area contributed by atoms with Crippen LogP contribution in [0.1, 0.15) is 22.3 Å². The predicted molar refractivity (Wildman–Crippen MR) is 228 cm³/mol. The molecule has 0 unspecified atom stereocenters. The van der Waals surface area contributed by atoms with Crippen LogP contribution >= 0.6 is 0 Å². The summed E-state index contributed by atoms with van der Waals surface area (Å²) in [7, 11) is 0. The highest BCUT2D eigenvalue weighted by molar-refractivity contribution is 6.16. The number of benzene rings is 10. The van der Waals surface area contributed by atoms with Gasteiger partial charge in [0.25, 0.3) is 0 Å². The van der Waals surface area contributed by atoms with Gasteiger partial charge in [-0.05, 0) is 101 Å². The van der Waals surface area contributed by atoms with E-state index >= 15 is 0 Å². The summed E-state index contributed by atoms with van der Waals surface area (Å²) < 4.78 is 0. The molecule has 54 heavy (non-hydrogen) atoms. The molecule has 11 rings (SSSR count). The molecule has 0 heterocycles. The topological polar surface area (TPSA) is 3.24 Å². The minimum Gasteiger partial charge on any atom is -0.310 e. The molecule has 1 heteroatoms. The average molecular weight is 686 g/mol. The van der Waals surface area contributed by atoms with Crippen LogP contribution < -0.4 is 4.90 Å². The highest BCUT2D eigenvalue weighted by Gasteiger charge is 2.45. The van der Waals surface area contributed by atoms with Crippen molar-refractivity contribution in [2.45, 2.75) is 5.41 Å². The summed E-state index contributed by atoms with van der Waals surface area (Å²) in [5.74, 6) is 0. The van der Waals surface area contributed by atoms with Gasteiger partial charge in [0.2, 0.25) is 0 Å². The largest absolute Gasteiger partial charge is 0.310 e. The summed E-state index contributed by atoms with van der Waals surface area (Å²) in [5.41, 5.74) is 10.5. The molecule has 1 aliphatic carbocycles. The Bertz CT molecular complexity index is 2980. The Morgan fingerprint density at radius 3 is 1.59 bits per heavy atom. The molecule has 10 aromatic rings. The number of nitrogens with zero attached hydrogens (tertiary/aromatic N) is 1. The van der Waals surface area contributed by atoms with E-state index in [1.807, 2.05) is 0 Å². The van der Waals surface area contributed by atoms with Crippen LogP contribution in [0.15, 0.2) is 212 Å². The highest BCUT2D eigenvalue weighted by atomic mass is 15.1. The van der Waals surface area contributed by atoms with E-state index in [0.717, 1.165) is 17.1 Å². The molecule has 0 bridgehead atoms. The summed E-state index contributed by atoms with van der Waals surface area (Å²) in [6.07, 6.45) is 0. The van der Waals surface area contributed by atoms with Gasteiger partial charge in [-0.3, -0.25) is 0 Å². The lowest BCUT2D eigenvalue weighted by molar-refractivity contribution is 0.771. The fourth-order valence-electron chi connectivity index (χ4n) is 9.38. The van der Waals surface area contributed by atoms with Gasteiger partial charge < -0.3 is 4.90 Å². The second kappa shape index (κ2) is 12.0. The maximum Gasteiger partial charge on any atom is 0.0714 e. The lowest BCUT2D eigenvalue weighted by Gasteiger charge is -2.35. The lowest BCUT2D eigenvalue weighted by Crippen LogP contribution is -2.29. The van der Waals surface area contributed by atoms with Crippen molar-refractivity contribution in [3.05, 3.63) is 235 Å². The Morgan fingerprint density at radius 2 is 0.870 bits per heavy atom. The van der Waals surface area contributed by atoms with Crippen LogP contribution in [-0.2, 0) is 5.41 Å². The normalized spacial score (nSPS) is 13.0. The summed E-state index contributed by atoms with van der Waals surface area (Å²) >= 11 is 0. The molecule has 0 amide bonds. The smallest absolute Gasteiger partial charge is 0.0714 e. The van der Waals surface area contributed by atoms with Gasteiger partial charge in [0.15, 0.2) is 0 Å². The molecule has 0 aliphatic heterocycles. The Kier molecular flexibility index (Phi) is 6.84. The fourth-order valence-corrected chi connectivity index (χ4v) is 9.38. The third-order valence-corrected chi connectivity index (χ3v) is 11.7. The van der Waals surface area contributed by atoms with Crippen LogP contribution in [0.4, 0.5) is 17.1 Å². The van der Waals surface area contributed by atoms with E-state index in [-0.39, 0.29) is 0 Å².